The molecule has 2 aromatic rings. The summed E-state index contributed by atoms with van der Waals surface area (Å²) in [4.78, 5) is 0. The summed E-state index contributed by atoms with van der Waals surface area (Å²) in [6.07, 6.45) is 1.83. The fourth-order valence-corrected chi connectivity index (χ4v) is 2.58. The van der Waals surface area contributed by atoms with Crippen LogP contribution in [0.1, 0.15) is 16.8 Å². The predicted molar refractivity (Wildman–Crippen MR) is 70.6 cm³/mol. The standard InChI is InChI=1S/C13H16N2OS/c1-15-13(6-7-14-15)10-17-9-12-4-2-11(8-16)3-5-12/h2-7,16H,8-10H2,1H3. The lowest BCUT2D eigenvalue weighted by Crippen LogP contribution is -1.96. The summed E-state index contributed by atoms with van der Waals surface area (Å²) in [6, 6.07) is 10.1. The first-order valence-electron chi connectivity index (χ1n) is 5.53. The van der Waals surface area contributed by atoms with Crippen LogP contribution in [0.4, 0.5) is 0 Å². The monoisotopic (exact) mass is 248 g/mol. The van der Waals surface area contributed by atoms with Gasteiger partial charge in [0, 0.05) is 30.4 Å². The molecule has 0 saturated carbocycles. The zero-order valence-corrected chi connectivity index (χ0v) is 10.7. The van der Waals surface area contributed by atoms with Crippen LogP contribution in [0.2, 0.25) is 0 Å². The van der Waals surface area contributed by atoms with Gasteiger partial charge in [-0.3, -0.25) is 4.68 Å². The highest BCUT2D eigenvalue weighted by atomic mass is 32.2. The minimum absolute atomic E-state index is 0.114. The highest BCUT2D eigenvalue weighted by Crippen LogP contribution is 2.17. The van der Waals surface area contributed by atoms with Crippen LogP contribution >= 0.6 is 11.8 Å². The van der Waals surface area contributed by atoms with Gasteiger partial charge in [-0.15, -0.1) is 0 Å². The Hall–Kier alpha value is -1.26. The molecule has 0 unspecified atom stereocenters. The third-order valence-electron chi connectivity index (χ3n) is 2.65. The summed E-state index contributed by atoms with van der Waals surface area (Å²) >= 11 is 1.87. The van der Waals surface area contributed by atoms with Crippen LogP contribution in [0.3, 0.4) is 0 Å². The molecule has 0 radical (unpaired) electrons. The average Bonchev–Trinajstić information content (AvgIpc) is 2.76. The molecule has 17 heavy (non-hydrogen) atoms. The van der Waals surface area contributed by atoms with Crippen LogP contribution in [-0.4, -0.2) is 14.9 Å². The molecule has 0 spiro atoms. The van der Waals surface area contributed by atoms with Crippen LogP contribution < -0.4 is 0 Å². The van der Waals surface area contributed by atoms with E-state index in [1.807, 2.05) is 47.9 Å². The van der Waals surface area contributed by atoms with Crippen molar-refractivity contribution in [3.05, 3.63) is 53.3 Å². The Bertz CT molecular complexity index is 465. The molecule has 1 heterocycles. The maximum Gasteiger partial charge on any atom is 0.0681 e. The fraction of sp³-hybridized carbons (Fsp3) is 0.308. The summed E-state index contributed by atoms with van der Waals surface area (Å²) in [6.45, 7) is 0.114. The molecular weight excluding hydrogens is 232 g/mol. The molecule has 0 fully saturated rings. The summed E-state index contributed by atoms with van der Waals surface area (Å²) in [5, 5.41) is 13.1. The maximum atomic E-state index is 8.95. The number of aromatic nitrogens is 2. The summed E-state index contributed by atoms with van der Waals surface area (Å²) in [5.41, 5.74) is 3.49. The molecule has 4 heteroatoms. The topological polar surface area (TPSA) is 38.0 Å². The second-order valence-electron chi connectivity index (χ2n) is 3.91. The Morgan fingerprint density at radius 1 is 1.12 bits per heavy atom. The van der Waals surface area contributed by atoms with Crippen LogP contribution in [0.15, 0.2) is 36.5 Å². The highest BCUT2D eigenvalue weighted by molar-refractivity contribution is 7.97. The second-order valence-corrected chi connectivity index (χ2v) is 4.90. The van der Waals surface area contributed by atoms with Crippen LogP contribution in [0.5, 0.6) is 0 Å². The SMILES string of the molecule is Cn1nccc1CSCc1ccc(CO)cc1. The van der Waals surface area contributed by atoms with Gasteiger partial charge in [0.2, 0.25) is 0 Å². The quantitative estimate of drug-likeness (QED) is 0.882. The van der Waals surface area contributed by atoms with E-state index in [9.17, 15) is 0 Å². The van der Waals surface area contributed by atoms with E-state index in [1.165, 1.54) is 11.3 Å². The van der Waals surface area contributed by atoms with Gasteiger partial charge in [-0.2, -0.15) is 16.9 Å². The first-order chi connectivity index (χ1) is 8.29. The molecule has 0 aliphatic heterocycles. The van der Waals surface area contributed by atoms with Crippen molar-refractivity contribution in [1.82, 2.24) is 9.78 Å². The van der Waals surface area contributed by atoms with E-state index < -0.39 is 0 Å². The van der Waals surface area contributed by atoms with Gasteiger partial charge < -0.3 is 5.11 Å². The van der Waals surface area contributed by atoms with Crippen molar-refractivity contribution in [2.75, 3.05) is 0 Å². The highest BCUT2D eigenvalue weighted by Gasteiger charge is 1.99. The Morgan fingerprint density at radius 3 is 2.41 bits per heavy atom. The van der Waals surface area contributed by atoms with Crippen LogP contribution in [0.25, 0.3) is 0 Å². The van der Waals surface area contributed by atoms with E-state index in [1.54, 1.807) is 0 Å². The molecule has 0 aliphatic carbocycles. The molecule has 0 atom stereocenters. The summed E-state index contributed by atoms with van der Waals surface area (Å²) in [5.74, 6) is 1.95. The Kier molecular flexibility index (Phi) is 4.23. The van der Waals surface area contributed by atoms with E-state index in [4.69, 9.17) is 5.11 Å². The lowest BCUT2D eigenvalue weighted by molar-refractivity contribution is 0.282. The fourth-order valence-electron chi connectivity index (χ4n) is 1.56. The Labute approximate surface area is 105 Å². The average molecular weight is 248 g/mol. The van der Waals surface area contributed by atoms with Crippen molar-refractivity contribution in [3.63, 3.8) is 0 Å². The summed E-state index contributed by atoms with van der Waals surface area (Å²) in [7, 11) is 1.96. The number of thioether (sulfide) groups is 1. The lowest BCUT2D eigenvalue weighted by atomic mass is 10.2. The molecule has 0 bridgehead atoms. The number of aliphatic hydroxyl groups is 1. The maximum absolute atomic E-state index is 8.95. The van der Waals surface area contributed by atoms with Crippen molar-refractivity contribution in [2.24, 2.45) is 7.05 Å². The molecule has 0 saturated heterocycles. The number of hydrogen-bond donors (Lipinski definition) is 1. The van der Waals surface area contributed by atoms with E-state index in [0.29, 0.717) is 0 Å². The van der Waals surface area contributed by atoms with E-state index in [0.717, 1.165) is 17.1 Å². The molecule has 0 amide bonds. The number of hydrogen-bond acceptors (Lipinski definition) is 3. The van der Waals surface area contributed by atoms with Crippen LogP contribution in [0, 0.1) is 0 Å². The number of rotatable bonds is 5. The molecule has 1 N–H and O–H groups in total. The largest absolute Gasteiger partial charge is 0.392 e. The van der Waals surface area contributed by atoms with Crippen LogP contribution in [-0.2, 0) is 25.2 Å². The van der Waals surface area contributed by atoms with Gasteiger partial charge in [0.05, 0.1) is 6.61 Å². The molecule has 3 nitrogen and oxygen atoms in total. The van der Waals surface area contributed by atoms with E-state index >= 15 is 0 Å². The van der Waals surface area contributed by atoms with Gasteiger partial charge >= 0.3 is 0 Å². The number of benzene rings is 1. The normalized spacial score (nSPS) is 10.7. The zero-order valence-electron chi connectivity index (χ0n) is 9.84. The minimum Gasteiger partial charge on any atom is -0.392 e. The second kappa shape index (κ2) is 5.89. The lowest BCUT2D eigenvalue weighted by Gasteiger charge is -2.03. The van der Waals surface area contributed by atoms with Gasteiger partial charge in [0.1, 0.15) is 0 Å². The smallest absolute Gasteiger partial charge is 0.0681 e. The first kappa shape index (κ1) is 12.2. The Balaban J connectivity index is 1.83. The van der Waals surface area contributed by atoms with Crippen molar-refractivity contribution in [1.29, 1.82) is 0 Å². The van der Waals surface area contributed by atoms with Crippen molar-refractivity contribution >= 4 is 11.8 Å². The van der Waals surface area contributed by atoms with Crippen molar-refractivity contribution in [3.8, 4) is 0 Å². The van der Waals surface area contributed by atoms with Crippen molar-refractivity contribution < 1.29 is 5.11 Å². The number of aryl methyl sites for hydroxylation is 1. The molecular formula is C13H16N2OS. The van der Waals surface area contributed by atoms with Crippen molar-refractivity contribution in [2.45, 2.75) is 18.1 Å². The number of aliphatic hydroxyl groups excluding tert-OH is 1. The molecule has 90 valence electrons. The van der Waals surface area contributed by atoms with Gasteiger partial charge in [0.25, 0.3) is 0 Å². The third kappa shape index (κ3) is 3.35. The zero-order chi connectivity index (χ0) is 12.1. The third-order valence-corrected chi connectivity index (χ3v) is 3.68. The van der Waals surface area contributed by atoms with E-state index in [-0.39, 0.29) is 6.61 Å². The minimum atomic E-state index is 0.114. The predicted octanol–water partition coefficient (Wildman–Crippen LogP) is 2.35. The Morgan fingerprint density at radius 2 is 1.82 bits per heavy atom. The number of nitrogens with zero attached hydrogens (tertiary/aromatic N) is 2. The van der Waals surface area contributed by atoms with E-state index in [2.05, 4.69) is 17.2 Å². The van der Waals surface area contributed by atoms with Gasteiger partial charge in [0.15, 0.2) is 0 Å². The molecule has 1 aromatic heterocycles. The van der Waals surface area contributed by atoms with Gasteiger partial charge in [-0.1, -0.05) is 24.3 Å². The molecule has 0 aliphatic rings. The van der Waals surface area contributed by atoms with Gasteiger partial charge in [-0.25, -0.2) is 0 Å². The molecule has 2 rings (SSSR count). The van der Waals surface area contributed by atoms with Gasteiger partial charge in [-0.05, 0) is 17.2 Å². The first-order valence-corrected chi connectivity index (χ1v) is 6.68. The molecule has 1 aromatic carbocycles. The summed E-state index contributed by atoms with van der Waals surface area (Å²) < 4.78 is 1.90.